The molecule has 0 atom stereocenters. The minimum absolute atomic E-state index is 0.250. The summed E-state index contributed by atoms with van der Waals surface area (Å²) in [6, 6.07) is 0.250. The fraction of sp³-hybridized carbons (Fsp3) is 0.545. The first-order chi connectivity index (χ1) is 8.63. The number of nitrogens with one attached hydrogen (secondary N) is 1. The van der Waals surface area contributed by atoms with Gasteiger partial charge in [0.2, 0.25) is 11.9 Å². The van der Waals surface area contributed by atoms with Crippen molar-refractivity contribution in [3.05, 3.63) is 18.2 Å². The zero-order valence-corrected chi connectivity index (χ0v) is 9.97. The van der Waals surface area contributed by atoms with Crippen LogP contribution in [-0.4, -0.2) is 46.5 Å². The molecule has 0 aliphatic carbocycles. The SMILES string of the molecule is NC(=O)CN1CCC(Nc2ncc(F)cn2)CC1. The second-order valence-corrected chi connectivity index (χ2v) is 4.39. The highest BCUT2D eigenvalue weighted by molar-refractivity contribution is 5.75. The lowest BCUT2D eigenvalue weighted by Gasteiger charge is -2.31. The summed E-state index contributed by atoms with van der Waals surface area (Å²) in [5, 5.41) is 3.15. The van der Waals surface area contributed by atoms with E-state index in [4.69, 9.17) is 5.73 Å². The molecule has 2 rings (SSSR count). The predicted molar refractivity (Wildman–Crippen MR) is 64.3 cm³/mol. The third-order valence-electron chi connectivity index (χ3n) is 2.92. The van der Waals surface area contributed by atoms with Crippen LogP contribution in [0.5, 0.6) is 0 Å². The molecule has 0 saturated carbocycles. The van der Waals surface area contributed by atoms with Crippen LogP contribution in [0.1, 0.15) is 12.8 Å². The van der Waals surface area contributed by atoms with Gasteiger partial charge in [0, 0.05) is 19.1 Å². The zero-order valence-electron chi connectivity index (χ0n) is 9.97. The molecule has 1 aromatic heterocycles. The van der Waals surface area contributed by atoms with Crippen LogP contribution in [0.3, 0.4) is 0 Å². The van der Waals surface area contributed by atoms with E-state index in [-0.39, 0.29) is 11.9 Å². The van der Waals surface area contributed by atoms with Crippen LogP contribution in [0.15, 0.2) is 12.4 Å². The number of rotatable bonds is 4. The Morgan fingerprint density at radius 2 is 2.06 bits per heavy atom. The number of primary amides is 1. The molecule has 1 fully saturated rings. The van der Waals surface area contributed by atoms with E-state index in [0.717, 1.165) is 38.3 Å². The topological polar surface area (TPSA) is 84.1 Å². The van der Waals surface area contributed by atoms with Gasteiger partial charge in [-0.2, -0.15) is 0 Å². The van der Waals surface area contributed by atoms with Crippen molar-refractivity contribution in [2.24, 2.45) is 5.73 Å². The van der Waals surface area contributed by atoms with Crippen LogP contribution in [0, 0.1) is 5.82 Å². The number of piperidine rings is 1. The maximum Gasteiger partial charge on any atom is 0.231 e. The summed E-state index contributed by atoms with van der Waals surface area (Å²) in [5.41, 5.74) is 5.14. The average molecular weight is 253 g/mol. The van der Waals surface area contributed by atoms with Gasteiger partial charge in [-0.05, 0) is 12.8 Å². The molecular weight excluding hydrogens is 237 g/mol. The third kappa shape index (κ3) is 3.63. The van der Waals surface area contributed by atoms with Crippen LogP contribution in [0.4, 0.5) is 10.3 Å². The molecule has 0 aromatic carbocycles. The molecule has 2 heterocycles. The van der Waals surface area contributed by atoms with Gasteiger partial charge in [0.05, 0.1) is 18.9 Å². The highest BCUT2D eigenvalue weighted by Gasteiger charge is 2.20. The van der Waals surface area contributed by atoms with Crippen molar-refractivity contribution in [2.45, 2.75) is 18.9 Å². The van der Waals surface area contributed by atoms with E-state index in [1.807, 2.05) is 4.90 Å². The number of hydrogen-bond donors (Lipinski definition) is 2. The first kappa shape index (κ1) is 12.7. The van der Waals surface area contributed by atoms with Gasteiger partial charge < -0.3 is 11.1 Å². The predicted octanol–water partition coefficient (Wildman–Crippen LogP) is -0.0227. The maximum atomic E-state index is 12.6. The average Bonchev–Trinajstić information content (AvgIpc) is 2.34. The molecule has 3 N–H and O–H groups in total. The summed E-state index contributed by atoms with van der Waals surface area (Å²) in [4.78, 5) is 20.5. The highest BCUT2D eigenvalue weighted by atomic mass is 19.1. The van der Waals surface area contributed by atoms with Crippen LogP contribution in [0.2, 0.25) is 0 Å². The molecule has 0 radical (unpaired) electrons. The Hall–Kier alpha value is -1.76. The van der Waals surface area contributed by atoms with Gasteiger partial charge in [0.15, 0.2) is 5.82 Å². The van der Waals surface area contributed by atoms with E-state index in [2.05, 4.69) is 15.3 Å². The van der Waals surface area contributed by atoms with Gasteiger partial charge in [-0.25, -0.2) is 14.4 Å². The number of carbonyl (C=O) groups is 1. The number of nitrogens with two attached hydrogens (primary N) is 1. The zero-order chi connectivity index (χ0) is 13.0. The number of likely N-dealkylation sites (tertiary alicyclic amines) is 1. The molecule has 1 aromatic rings. The molecule has 6 nitrogen and oxygen atoms in total. The largest absolute Gasteiger partial charge is 0.369 e. The molecule has 1 saturated heterocycles. The van der Waals surface area contributed by atoms with E-state index < -0.39 is 5.82 Å². The molecule has 0 spiro atoms. The Morgan fingerprint density at radius 1 is 1.44 bits per heavy atom. The van der Waals surface area contributed by atoms with Crippen LogP contribution >= 0.6 is 0 Å². The van der Waals surface area contributed by atoms with Crippen LogP contribution in [0.25, 0.3) is 0 Å². The van der Waals surface area contributed by atoms with Gasteiger partial charge in [-0.3, -0.25) is 9.69 Å². The number of amides is 1. The summed E-state index contributed by atoms with van der Waals surface area (Å²) in [5.74, 6) is -0.315. The molecule has 1 aliphatic heterocycles. The van der Waals surface area contributed by atoms with Crippen molar-refractivity contribution < 1.29 is 9.18 Å². The highest BCUT2D eigenvalue weighted by Crippen LogP contribution is 2.13. The van der Waals surface area contributed by atoms with Gasteiger partial charge >= 0.3 is 0 Å². The summed E-state index contributed by atoms with van der Waals surface area (Å²) in [6.45, 7) is 1.92. The van der Waals surface area contributed by atoms with Crippen molar-refractivity contribution in [3.63, 3.8) is 0 Å². The Morgan fingerprint density at radius 3 is 2.61 bits per heavy atom. The second kappa shape index (κ2) is 5.72. The molecular formula is C11H16FN5O. The van der Waals surface area contributed by atoms with Crippen molar-refractivity contribution >= 4 is 11.9 Å². The van der Waals surface area contributed by atoms with Crippen molar-refractivity contribution in [1.29, 1.82) is 0 Å². The molecule has 1 amide bonds. The summed E-state index contributed by atoms with van der Waals surface area (Å²) in [7, 11) is 0. The fourth-order valence-corrected chi connectivity index (χ4v) is 2.03. The minimum atomic E-state index is -0.447. The molecule has 7 heteroatoms. The number of hydrogen-bond acceptors (Lipinski definition) is 5. The number of carbonyl (C=O) groups excluding carboxylic acids is 1. The van der Waals surface area contributed by atoms with Crippen molar-refractivity contribution in [3.8, 4) is 0 Å². The first-order valence-electron chi connectivity index (χ1n) is 5.88. The lowest BCUT2D eigenvalue weighted by Crippen LogP contribution is -2.43. The fourth-order valence-electron chi connectivity index (χ4n) is 2.03. The molecule has 0 bridgehead atoms. The normalized spacial score (nSPS) is 17.6. The van der Waals surface area contributed by atoms with E-state index in [0.29, 0.717) is 12.5 Å². The van der Waals surface area contributed by atoms with Crippen LogP contribution < -0.4 is 11.1 Å². The monoisotopic (exact) mass is 253 g/mol. The number of nitrogens with zero attached hydrogens (tertiary/aromatic N) is 3. The second-order valence-electron chi connectivity index (χ2n) is 4.39. The lowest BCUT2D eigenvalue weighted by molar-refractivity contribution is -0.119. The van der Waals surface area contributed by atoms with Crippen molar-refractivity contribution in [2.75, 3.05) is 25.0 Å². The molecule has 1 aliphatic rings. The van der Waals surface area contributed by atoms with Gasteiger partial charge in [0.1, 0.15) is 0 Å². The number of anilines is 1. The Bertz CT molecular complexity index is 402. The van der Waals surface area contributed by atoms with Gasteiger partial charge in [-0.1, -0.05) is 0 Å². The smallest absolute Gasteiger partial charge is 0.231 e. The third-order valence-corrected chi connectivity index (χ3v) is 2.92. The Kier molecular flexibility index (Phi) is 4.03. The first-order valence-corrected chi connectivity index (χ1v) is 5.88. The quantitative estimate of drug-likeness (QED) is 0.787. The maximum absolute atomic E-state index is 12.6. The Balaban J connectivity index is 1.79. The molecule has 98 valence electrons. The summed E-state index contributed by atoms with van der Waals surface area (Å²) < 4.78 is 12.6. The molecule has 0 unspecified atom stereocenters. The lowest BCUT2D eigenvalue weighted by atomic mass is 10.1. The minimum Gasteiger partial charge on any atom is -0.369 e. The van der Waals surface area contributed by atoms with E-state index in [9.17, 15) is 9.18 Å². The van der Waals surface area contributed by atoms with E-state index >= 15 is 0 Å². The summed E-state index contributed by atoms with van der Waals surface area (Å²) >= 11 is 0. The van der Waals surface area contributed by atoms with E-state index in [1.165, 1.54) is 0 Å². The molecule has 18 heavy (non-hydrogen) atoms. The van der Waals surface area contributed by atoms with Gasteiger partial charge in [0.25, 0.3) is 0 Å². The van der Waals surface area contributed by atoms with Crippen molar-refractivity contribution in [1.82, 2.24) is 14.9 Å². The standard InChI is InChI=1S/C11H16FN5O/c12-8-5-14-11(15-6-8)16-9-1-3-17(4-2-9)7-10(13)18/h5-6,9H,1-4,7H2,(H2,13,18)(H,14,15,16). The number of halogens is 1. The van der Waals surface area contributed by atoms with E-state index in [1.54, 1.807) is 0 Å². The summed E-state index contributed by atoms with van der Waals surface area (Å²) in [6.07, 6.45) is 4.04. The number of aromatic nitrogens is 2. The van der Waals surface area contributed by atoms with Gasteiger partial charge in [-0.15, -0.1) is 0 Å². The Labute approximate surface area is 104 Å². The van der Waals surface area contributed by atoms with Crippen LogP contribution in [-0.2, 0) is 4.79 Å².